The molecule has 0 radical (unpaired) electrons. The molecule has 4 nitrogen and oxygen atoms in total. The molecule has 4 heteroatoms. The van der Waals surface area contributed by atoms with E-state index in [9.17, 15) is 4.79 Å². The highest BCUT2D eigenvalue weighted by molar-refractivity contribution is 5.87. The van der Waals surface area contributed by atoms with E-state index < -0.39 is 5.97 Å². The summed E-state index contributed by atoms with van der Waals surface area (Å²) in [5.74, 6) is -0.108. The van der Waals surface area contributed by atoms with E-state index in [0.29, 0.717) is 17.6 Å². The van der Waals surface area contributed by atoms with Crippen LogP contribution in [-0.2, 0) is 6.54 Å². The zero-order valence-electron chi connectivity index (χ0n) is 14.8. The number of carboxylic acid groups (broad SMARTS) is 1. The lowest BCUT2D eigenvalue weighted by molar-refractivity contribution is 0.0309. The van der Waals surface area contributed by atoms with E-state index in [2.05, 4.69) is 37.5 Å². The van der Waals surface area contributed by atoms with Crippen LogP contribution in [0.15, 0.2) is 24.3 Å². The predicted molar refractivity (Wildman–Crippen MR) is 93.8 cm³/mol. The molecule has 1 aliphatic heterocycles. The van der Waals surface area contributed by atoms with Gasteiger partial charge in [0.2, 0.25) is 0 Å². The Morgan fingerprint density at radius 1 is 1.17 bits per heavy atom. The van der Waals surface area contributed by atoms with Crippen LogP contribution in [-0.4, -0.2) is 52.6 Å². The average molecular weight is 318 g/mol. The normalized spacial score (nSPS) is 23.3. The first-order valence-electron chi connectivity index (χ1n) is 8.67. The van der Waals surface area contributed by atoms with Crippen LogP contribution in [0.2, 0.25) is 0 Å². The molecule has 1 saturated heterocycles. The Balaban J connectivity index is 1.94. The van der Waals surface area contributed by atoms with Crippen LogP contribution >= 0.6 is 0 Å². The van der Waals surface area contributed by atoms with Gasteiger partial charge in [-0.15, -0.1) is 0 Å². The zero-order chi connectivity index (χ0) is 17.0. The number of nitrogens with zero attached hydrogens (tertiary/aromatic N) is 2. The predicted octanol–water partition coefficient (Wildman–Crippen LogP) is 3.33. The third-order valence-corrected chi connectivity index (χ3v) is 4.77. The molecular formula is C19H30N2O2. The number of carboxylic acids is 1. The highest BCUT2D eigenvalue weighted by atomic mass is 16.4. The fraction of sp³-hybridized carbons (Fsp3) is 0.632. The summed E-state index contributed by atoms with van der Waals surface area (Å²) in [7, 11) is 0. The van der Waals surface area contributed by atoms with Gasteiger partial charge in [0.1, 0.15) is 0 Å². The van der Waals surface area contributed by atoms with E-state index in [0.717, 1.165) is 25.6 Å². The number of aromatic carboxylic acids is 1. The van der Waals surface area contributed by atoms with Crippen LogP contribution in [0.25, 0.3) is 0 Å². The lowest BCUT2D eigenvalue weighted by Crippen LogP contribution is -2.56. The lowest BCUT2D eigenvalue weighted by atomic mass is 10.0. The van der Waals surface area contributed by atoms with Crippen molar-refractivity contribution < 1.29 is 9.90 Å². The average Bonchev–Trinajstić information content (AvgIpc) is 2.49. The SMILES string of the molecule is CC(C)CCN1C[C@@H](C)N(Cc2ccc(C(=O)O)cc2)[C@@H](C)C1. The van der Waals surface area contributed by atoms with Crippen molar-refractivity contribution in [1.82, 2.24) is 9.80 Å². The van der Waals surface area contributed by atoms with Crippen molar-refractivity contribution in [2.24, 2.45) is 5.92 Å². The van der Waals surface area contributed by atoms with Gasteiger partial charge in [-0.1, -0.05) is 26.0 Å². The third kappa shape index (κ3) is 5.05. The van der Waals surface area contributed by atoms with Gasteiger partial charge in [0, 0.05) is 31.7 Å². The second kappa shape index (κ2) is 7.93. The van der Waals surface area contributed by atoms with Crippen LogP contribution in [0.4, 0.5) is 0 Å². The molecular weight excluding hydrogens is 288 g/mol. The molecule has 2 atom stereocenters. The minimum absolute atomic E-state index is 0.355. The van der Waals surface area contributed by atoms with E-state index in [4.69, 9.17) is 5.11 Å². The molecule has 0 saturated carbocycles. The minimum Gasteiger partial charge on any atom is -0.478 e. The van der Waals surface area contributed by atoms with Crippen LogP contribution in [0, 0.1) is 5.92 Å². The molecule has 2 rings (SSSR count). The van der Waals surface area contributed by atoms with Gasteiger partial charge in [-0.25, -0.2) is 4.79 Å². The number of carbonyl (C=O) groups is 1. The van der Waals surface area contributed by atoms with Crippen molar-refractivity contribution in [2.45, 2.75) is 52.7 Å². The molecule has 1 aromatic carbocycles. The van der Waals surface area contributed by atoms with E-state index in [1.807, 2.05) is 12.1 Å². The topological polar surface area (TPSA) is 43.8 Å². The molecule has 0 amide bonds. The third-order valence-electron chi connectivity index (χ3n) is 4.77. The van der Waals surface area contributed by atoms with Crippen molar-refractivity contribution in [3.63, 3.8) is 0 Å². The van der Waals surface area contributed by atoms with Crippen molar-refractivity contribution in [3.05, 3.63) is 35.4 Å². The molecule has 128 valence electrons. The fourth-order valence-corrected chi connectivity index (χ4v) is 3.36. The first kappa shape index (κ1) is 18.0. The van der Waals surface area contributed by atoms with E-state index >= 15 is 0 Å². The van der Waals surface area contributed by atoms with Gasteiger partial charge in [0.15, 0.2) is 0 Å². The highest BCUT2D eigenvalue weighted by Gasteiger charge is 2.29. The molecule has 0 unspecified atom stereocenters. The molecule has 1 aliphatic rings. The molecule has 0 spiro atoms. The summed E-state index contributed by atoms with van der Waals surface area (Å²) in [6.07, 6.45) is 1.26. The van der Waals surface area contributed by atoms with Gasteiger partial charge in [0.05, 0.1) is 5.56 Å². The summed E-state index contributed by atoms with van der Waals surface area (Å²) in [6.45, 7) is 13.5. The number of hydrogen-bond donors (Lipinski definition) is 1. The summed E-state index contributed by atoms with van der Waals surface area (Å²) in [6, 6.07) is 8.31. The Bertz CT molecular complexity index is 501. The van der Waals surface area contributed by atoms with Gasteiger partial charge in [-0.2, -0.15) is 0 Å². The molecule has 1 heterocycles. The maximum atomic E-state index is 10.9. The van der Waals surface area contributed by atoms with Crippen LogP contribution in [0.3, 0.4) is 0 Å². The van der Waals surface area contributed by atoms with Crippen molar-refractivity contribution in [1.29, 1.82) is 0 Å². The minimum atomic E-state index is -0.864. The number of benzene rings is 1. The highest BCUT2D eigenvalue weighted by Crippen LogP contribution is 2.20. The van der Waals surface area contributed by atoms with Crippen molar-refractivity contribution >= 4 is 5.97 Å². The second-order valence-corrected chi connectivity index (χ2v) is 7.31. The monoisotopic (exact) mass is 318 g/mol. The summed E-state index contributed by atoms with van der Waals surface area (Å²) in [5.41, 5.74) is 1.54. The Morgan fingerprint density at radius 2 is 1.74 bits per heavy atom. The largest absolute Gasteiger partial charge is 0.478 e. The number of rotatable bonds is 6. The molecule has 0 aromatic heterocycles. The van der Waals surface area contributed by atoms with Crippen LogP contribution < -0.4 is 0 Å². The smallest absolute Gasteiger partial charge is 0.335 e. The Labute approximate surface area is 140 Å². The first-order valence-corrected chi connectivity index (χ1v) is 8.67. The summed E-state index contributed by atoms with van der Waals surface area (Å²) in [5, 5.41) is 8.98. The molecule has 23 heavy (non-hydrogen) atoms. The summed E-state index contributed by atoms with van der Waals surface area (Å²) < 4.78 is 0. The maximum Gasteiger partial charge on any atom is 0.335 e. The fourth-order valence-electron chi connectivity index (χ4n) is 3.36. The Hall–Kier alpha value is -1.39. The molecule has 1 N–H and O–H groups in total. The second-order valence-electron chi connectivity index (χ2n) is 7.31. The van der Waals surface area contributed by atoms with Gasteiger partial charge < -0.3 is 10.0 Å². The van der Waals surface area contributed by atoms with Crippen molar-refractivity contribution in [3.8, 4) is 0 Å². The summed E-state index contributed by atoms with van der Waals surface area (Å²) >= 11 is 0. The first-order chi connectivity index (χ1) is 10.9. The number of hydrogen-bond acceptors (Lipinski definition) is 3. The maximum absolute atomic E-state index is 10.9. The van der Waals surface area contributed by atoms with Crippen molar-refractivity contribution in [2.75, 3.05) is 19.6 Å². The van der Waals surface area contributed by atoms with E-state index in [-0.39, 0.29) is 0 Å². The van der Waals surface area contributed by atoms with Gasteiger partial charge in [-0.3, -0.25) is 4.90 Å². The number of piperazine rings is 1. The molecule has 0 aliphatic carbocycles. The van der Waals surface area contributed by atoms with Crippen LogP contribution in [0.5, 0.6) is 0 Å². The Morgan fingerprint density at radius 3 is 2.22 bits per heavy atom. The van der Waals surface area contributed by atoms with Crippen LogP contribution in [0.1, 0.15) is 50.0 Å². The molecule has 0 bridgehead atoms. The Kier molecular flexibility index (Phi) is 6.19. The zero-order valence-corrected chi connectivity index (χ0v) is 14.8. The molecule has 1 fully saturated rings. The quantitative estimate of drug-likeness (QED) is 0.874. The lowest BCUT2D eigenvalue weighted by Gasteiger charge is -2.44. The standard InChI is InChI=1S/C19H30N2O2/c1-14(2)9-10-20-11-15(3)21(16(4)12-20)13-17-5-7-18(8-6-17)19(22)23/h5-8,14-16H,9-13H2,1-4H3,(H,22,23)/t15-,16+. The van der Waals surface area contributed by atoms with Gasteiger partial charge in [0.25, 0.3) is 0 Å². The van der Waals surface area contributed by atoms with E-state index in [1.54, 1.807) is 12.1 Å². The van der Waals surface area contributed by atoms with Gasteiger partial charge >= 0.3 is 5.97 Å². The molecule has 1 aromatic rings. The summed E-state index contributed by atoms with van der Waals surface area (Å²) in [4.78, 5) is 16.0. The van der Waals surface area contributed by atoms with E-state index in [1.165, 1.54) is 18.5 Å². The van der Waals surface area contributed by atoms with Gasteiger partial charge in [-0.05, 0) is 50.4 Å².